The molecule has 2 N–H and O–H groups in total. The van der Waals surface area contributed by atoms with Crippen molar-refractivity contribution in [2.24, 2.45) is 17.8 Å². The highest BCUT2D eigenvalue weighted by molar-refractivity contribution is 7.92. The Morgan fingerprint density at radius 1 is 0.939 bits per heavy atom. The number of amides is 2. The number of rotatable bonds is 9. The highest BCUT2D eigenvalue weighted by atomic mass is 32.2. The van der Waals surface area contributed by atoms with Crippen molar-refractivity contribution in [3.05, 3.63) is 0 Å². The summed E-state index contributed by atoms with van der Waals surface area (Å²) in [5, 5.41) is 2.99. The predicted octanol–water partition coefficient (Wildman–Crippen LogP) is 2.53. The van der Waals surface area contributed by atoms with Gasteiger partial charge in [-0.1, -0.05) is 0 Å². The molecule has 188 valence electrons. The standard InChI is InChI=1S/C24H41N3O5S/c1-2-27(22-13-14-32-26-22)24(29)19-7-9-20(10-8-19)25-23(28)15-17-5-11-21(12-6-17)33(30,31)16-18-3-4-18/h17-22,26H,2-16H2,1H3,(H,25,28). The Hall–Kier alpha value is -1.19. The first-order chi connectivity index (χ1) is 15.9. The molecule has 8 nitrogen and oxygen atoms in total. The Morgan fingerprint density at radius 2 is 1.61 bits per heavy atom. The fourth-order valence-corrected chi connectivity index (χ4v) is 8.10. The molecule has 9 heteroatoms. The van der Waals surface area contributed by atoms with Crippen LogP contribution in [0.15, 0.2) is 0 Å². The van der Waals surface area contributed by atoms with E-state index in [9.17, 15) is 18.0 Å². The van der Waals surface area contributed by atoms with Gasteiger partial charge in [-0.25, -0.2) is 8.42 Å². The topological polar surface area (TPSA) is 105 Å². The van der Waals surface area contributed by atoms with Gasteiger partial charge in [-0.15, -0.1) is 0 Å². The fourth-order valence-electron chi connectivity index (χ4n) is 5.85. The van der Waals surface area contributed by atoms with Crippen molar-refractivity contribution >= 4 is 21.7 Å². The van der Waals surface area contributed by atoms with Crippen LogP contribution in [0.2, 0.25) is 0 Å². The summed E-state index contributed by atoms with van der Waals surface area (Å²) in [4.78, 5) is 32.7. The Labute approximate surface area is 198 Å². The second-order valence-corrected chi connectivity index (χ2v) is 13.0. The first-order valence-corrected chi connectivity index (χ1v) is 14.8. The minimum atomic E-state index is -2.96. The Morgan fingerprint density at radius 3 is 2.18 bits per heavy atom. The molecule has 4 fully saturated rings. The largest absolute Gasteiger partial charge is 0.353 e. The van der Waals surface area contributed by atoms with Gasteiger partial charge in [0.1, 0.15) is 6.17 Å². The third-order valence-corrected chi connectivity index (χ3v) is 10.5. The van der Waals surface area contributed by atoms with E-state index in [0.29, 0.717) is 44.1 Å². The van der Waals surface area contributed by atoms with Crippen LogP contribution in [0.3, 0.4) is 0 Å². The number of carbonyl (C=O) groups excluding carboxylic acids is 2. The summed E-state index contributed by atoms with van der Waals surface area (Å²) in [6.45, 7) is 3.30. The molecule has 0 aromatic carbocycles. The van der Waals surface area contributed by atoms with E-state index in [0.717, 1.165) is 57.8 Å². The highest BCUT2D eigenvalue weighted by Crippen LogP contribution is 2.36. The van der Waals surface area contributed by atoms with E-state index in [1.165, 1.54) is 0 Å². The molecule has 4 rings (SSSR count). The van der Waals surface area contributed by atoms with Gasteiger partial charge in [-0.3, -0.25) is 14.4 Å². The maximum Gasteiger partial charge on any atom is 0.226 e. The molecule has 4 aliphatic rings. The lowest BCUT2D eigenvalue weighted by Crippen LogP contribution is -2.49. The minimum absolute atomic E-state index is 0.0216. The zero-order valence-corrected chi connectivity index (χ0v) is 20.8. The Kier molecular flexibility index (Phi) is 8.33. The summed E-state index contributed by atoms with van der Waals surface area (Å²) in [7, 11) is -2.96. The van der Waals surface area contributed by atoms with E-state index in [1.807, 2.05) is 11.8 Å². The van der Waals surface area contributed by atoms with Crippen molar-refractivity contribution in [1.82, 2.24) is 15.7 Å². The maximum atomic E-state index is 13.0. The smallest absolute Gasteiger partial charge is 0.226 e. The van der Waals surface area contributed by atoms with Crippen LogP contribution in [0.4, 0.5) is 0 Å². The van der Waals surface area contributed by atoms with E-state index in [4.69, 9.17) is 4.84 Å². The molecule has 0 radical (unpaired) electrons. The van der Waals surface area contributed by atoms with E-state index < -0.39 is 9.84 Å². The second-order valence-electron chi connectivity index (χ2n) is 10.6. The van der Waals surface area contributed by atoms with Gasteiger partial charge >= 0.3 is 0 Å². The van der Waals surface area contributed by atoms with Crippen LogP contribution in [0, 0.1) is 17.8 Å². The summed E-state index contributed by atoms with van der Waals surface area (Å²) in [5.41, 5.74) is 2.94. The van der Waals surface area contributed by atoms with Crippen LogP contribution >= 0.6 is 0 Å². The molecule has 1 aliphatic heterocycles. The fraction of sp³-hybridized carbons (Fsp3) is 0.917. The monoisotopic (exact) mass is 483 g/mol. The number of hydroxylamine groups is 1. The molecule has 2 amide bonds. The lowest BCUT2D eigenvalue weighted by molar-refractivity contribution is -0.140. The summed E-state index contributed by atoms with van der Waals surface area (Å²) >= 11 is 0. The molecule has 0 bridgehead atoms. The number of sulfone groups is 1. The summed E-state index contributed by atoms with van der Waals surface area (Å²) in [6.07, 6.45) is 9.75. The first-order valence-electron chi connectivity index (χ1n) is 13.0. The molecule has 33 heavy (non-hydrogen) atoms. The molecule has 0 spiro atoms. The molecule has 1 heterocycles. The quantitative estimate of drug-likeness (QED) is 0.522. The Bertz CT molecular complexity index is 778. The molecular formula is C24H41N3O5S. The van der Waals surface area contributed by atoms with E-state index in [2.05, 4.69) is 10.8 Å². The molecule has 0 aromatic heterocycles. The van der Waals surface area contributed by atoms with Crippen molar-refractivity contribution in [2.75, 3.05) is 18.9 Å². The number of nitrogens with one attached hydrogen (secondary N) is 2. The number of nitrogens with zero attached hydrogens (tertiary/aromatic N) is 1. The van der Waals surface area contributed by atoms with Crippen LogP contribution in [-0.2, 0) is 24.3 Å². The van der Waals surface area contributed by atoms with Crippen molar-refractivity contribution in [3.63, 3.8) is 0 Å². The van der Waals surface area contributed by atoms with Crippen LogP contribution in [0.1, 0.15) is 84.0 Å². The zero-order chi connectivity index (χ0) is 23.4. The number of hydrogen-bond donors (Lipinski definition) is 2. The van der Waals surface area contributed by atoms with Crippen LogP contribution in [-0.4, -0.2) is 61.5 Å². The van der Waals surface area contributed by atoms with Gasteiger partial charge in [0.2, 0.25) is 11.8 Å². The van der Waals surface area contributed by atoms with Crippen molar-refractivity contribution in [3.8, 4) is 0 Å². The minimum Gasteiger partial charge on any atom is -0.353 e. The average molecular weight is 484 g/mol. The maximum absolute atomic E-state index is 13.0. The van der Waals surface area contributed by atoms with Gasteiger partial charge in [-0.2, -0.15) is 5.48 Å². The molecule has 1 atom stereocenters. The lowest BCUT2D eigenvalue weighted by atomic mass is 9.84. The van der Waals surface area contributed by atoms with E-state index in [-0.39, 0.29) is 41.1 Å². The van der Waals surface area contributed by atoms with Crippen molar-refractivity contribution < 1.29 is 22.8 Å². The van der Waals surface area contributed by atoms with Gasteiger partial charge in [0.15, 0.2) is 9.84 Å². The summed E-state index contributed by atoms with van der Waals surface area (Å²) in [6, 6.07) is 0.139. The van der Waals surface area contributed by atoms with E-state index >= 15 is 0 Å². The molecule has 3 saturated carbocycles. The van der Waals surface area contributed by atoms with Crippen LogP contribution in [0.5, 0.6) is 0 Å². The Balaban J connectivity index is 1.15. The SMILES string of the molecule is CCN(C(=O)C1CCC(NC(=O)CC2CCC(S(=O)(=O)CC3CC3)CC2)CC1)C1CCON1. The van der Waals surface area contributed by atoms with Gasteiger partial charge in [0.25, 0.3) is 0 Å². The average Bonchev–Trinajstić information content (AvgIpc) is 3.43. The second kappa shape index (κ2) is 11.0. The predicted molar refractivity (Wildman–Crippen MR) is 126 cm³/mol. The van der Waals surface area contributed by atoms with Gasteiger partial charge in [0.05, 0.1) is 17.6 Å². The van der Waals surface area contributed by atoms with Gasteiger partial charge in [-0.05, 0) is 83.0 Å². The first kappa shape index (κ1) is 24.9. The number of carbonyl (C=O) groups is 2. The van der Waals surface area contributed by atoms with Gasteiger partial charge in [0, 0.05) is 31.3 Å². The molecule has 3 aliphatic carbocycles. The number of hydrogen-bond acceptors (Lipinski definition) is 6. The van der Waals surface area contributed by atoms with Crippen molar-refractivity contribution in [1.29, 1.82) is 0 Å². The summed E-state index contributed by atoms with van der Waals surface area (Å²) in [5.74, 6) is 1.36. The highest BCUT2D eigenvalue weighted by Gasteiger charge is 2.37. The zero-order valence-electron chi connectivity index (χ0n) is 20.0. The normalized spacial score (nSPS) is 32.9. The lowest BCUT2D eigenvalue weighted by Gasteiger charge is -2.34. The molecule has 1 saturated heterocycles. The van der Waals surface area contributed by atoms with Crippen LogP contribution in [0.25, 0.3) is 0 Å². The van der Waals surface area contributed by atoms with Gasteiger partial charge < -0.3 is 10.2 Å². The van der Waals surface area contributed by atoms with Crippen molar-refractivity contribution in [2.45, 2.75) is 101 Å². The summed E-state index contributed by atoms with van der Waals surface area (Å²) < 4.78 is 25.0. The molecular weight excluding hydrogens is 442 g/mol. The molecule has 1 unspecified atom stereocenters. The molecule has 0 aromatic rings. The van der Waals surface area contributed by atoms with E-state index in [1.54, 1.807) is 0 Å². The third-order valence-electron chi connectivity index (χ3n) is 8.09. The van der Waals surface area contributed by atoms with Crippen LogP contribution < -0.4 is 10.8 Å². The third kappa shape index (κ3) is 6.69.